The van der Waals surface area contributed by atoms with Gasteiger partial charge in [-0.1, -0.05) is 25.6 Å². The van der Waals surface area contributed by atoms with Gasteiger partial charge in [0, 0.05) is 39.4 Å². The number of carbonyl (C=O) groups is 3. The number of nitrogens with one attached hydrogen (secondary N) is 4. The Balaban J connectivity index is 1.93. The summed E-state index contributed by atoms with van der Waals surface area (Å²) in [6.45, 7) is 6.93. The van der Waals surface area contributed by atoms with Gasteiger partial charge >= 0.3 is 7.82 Å². The number of rotatable bonds is 15. The van der Waals surface area contributed by atoms with Gasteiger partial charge in [0.05, 0.1) is 19.2 Å². The van der Waals surface area contributed by atoms with E-state index in [9.17, 15) is 39.2 Å². The van der Waals surface area contributed by atoms with Crippen LogP contribution in [0.5, 0.6) is 0 Å². The van der Waals surface area contributed by atoms with Crippen LogP contribution in [-0.2, 0) is 32.7 Å². The number of phosphoric ester groups is 1. The number of carbonyl (C=O) groups excluding carboxylic acids is 3. The van der Waals surface area contributed by atoms with Crippen molar-refractivity contribution >= 4 is 49.1 Å². The summed E-state index contributed by atoms with van der Waals surface area (Å²) in [6.07, 6.45) is -8.29. The van der Waals surface area contributed by atoms with Crippen molar-refractivity contribution in [3.8, 4) is 0 Å². The number of hydrogen-bond donors (Lipinski definition) is 8. The topological polar surface area (TPSA) is 253 Å². The van der Waals surface area contributed by atoms with E-state index < -0.39 is 62.5 Å². The molecular formula is C23H40N7O11PS. The Labute approximate surface area is 252 Å². The van der Waals surface area contributed by atoms with E-state index in [1.54, 1.807) is 7.05 Å². The van der Waals surface area contributed by atoms with Gasteiger partial charge in [-0.15, -0.1) is 0 Å². The maximum absolute atomic E-state index is 12.7. The molecule has 43 heavy (non-hydrogen) atoms. The van der Waals surface area contributed by atoms with Gasteiger partial charge in [-0.25, -0.2) is 4.57 Å². The number of thioether (sulfide) groups is 1. The fourth-order valence-corrected chi connectivity index (χ4v) is 5.32. The third-order valence-electron chi connectivity index (χ3n) is 6.29. The van der Waals surface area contributed by atoms with Gasteiger partial charge in [-0.3, -0.25) is 33.4 Å². The summed E-state index contributed by atoms with van der Waals surface area (Å²) in [5.74, 6) is -0.432. The minimum Gasteiger partial charge on any atom is -0.385 e. The first kappa shape index (κ1) is 36.6. The zero-order valence-corrected chi connectivity index (χ0v) is 26.2. The molecule has 2 rings (SSSR count). The van der Waals surface area contributed by atoms with Gasteiger partial charge in [-0.05, 0) is 6.72 Å². The molecule has 1 saturated heterocycles. The summed E-state index contributed by atoms with van der Waals surface area (Å²) in [5.41, 5.74) is -1.11. The number of ether oxygens (including phenoxy) is 1. The first-order valence-corrected chi connectivity index (χ1v) is 15.5. The number of aliphatic imine (C=N–C) groups is 2. The Morgan fingerprint density at radius 2 is 1.98 bits per heavy atom. The Hall–Kier alpha value is -2.61. The van der Waals surface area contributed by atoms with Gasteiger partial charge in [0.15, 0.2) is 23.5 Å². The third kappa shape index (κ3) is 9.95. The smallest absolute Gasteiger partial charge is 0.385 e. The molecule has 0 spiro atoms. The lowest BCUT2D eigenvalue weighted by Crippen LogP contribution is -2.55. The molecule has 1 fully saturated rings. The minimum atomic E-state index is -4.98. The van der Waals surface area contributed by atoms with Gasteiger partial charge in [0.1, 0.15) is 29.8 Å². The van der Waals surface area contributed by atoms with Crippen LogP contribution in [0.15, 0.2) is 21.5 Å². The summed E-state index contributed by atoms with van der Waals surface area (Å²) in [5, 5.41) is 42.3. The number of aliphatic hydroxyl groups excluding tert-OH is 3. The summed E-state index contributed by atoms with van der Waals surface area (Å²) >= 11 is 0.916. The average molecular weight is 654 g/mol. The first-order chi connectivity index (χ1) is 20.1. The van der Waals surface area contributed by atoms with E-state index in [0.717, 1.165) is 11.8 Å². The predicted octanol–water partition coefficient (Wildman–Crippen LogP) is -2.25. The molecule has 0 radical (unpaired) electrons. The number of nitrogens with zero attached hydrogens (tertiary/aromatic N) is 3. The lowest BCUT2D eigenvalue weighted by atomic mass is 9.87. The standard InChI is InChI=1S/C23H40N7O11PS/c1-12(31)43-11-29-13(32)7-8-27-20(36)17(35)23(2,3)9-39-42(37,38)41-22-16(34)15(33)21(40-22)30-10-28-18(25-5)14(24-4)19(30)26-6/h15-17,21-22,25,28,33-35H,4,7-11H2,1-3,5-6H3,(H,27,36)(H,29,32)(H,37,38)/t15-,16+,17?,21-,22-/m1/s1. The number of hydrogen-bond acceptors (Lipinski definition) is 15. The van der Waals surface area contributed by atoms with E-state index >= 15 is 0 Å². The molecule has 0 aromatic carbocycles. The minimum absolute atomic E-state index is 0.0497. The average Bonchev–Trinajstić information content (AvgIpc) is 3.22. The lowest BCUT2D eigenvalue weighted by Gasteiger charge is -2.37. The van der Waals surface area contributed by atoms with E-state index in [2.05, 4.69) is 38.0 Å². The fraction of sp³-hybridized carbons (Fsp3) is 0.696. The van der Waals surface area contributed by atoms with Crippen LogP contribution in [0, 0.1) is 5.41 Å². The zero-order chi connectivity index (χ0) is 32.5. The largest absolute Gasteiger partial charge is 0.474 e. The summed E-state index contributed by atoms with van der Waals surface area (Å²) in [4.78, 5) is 54.9. The molecule has 20 heteroatoms. The molecule has 6 atom stereocenters. The van der Waals surface area contributed by atoms with Gasteiger partial charge in [-0.2, -0.15) is 0 Å². The van der Waals surface area contributed by atoms with E-state index in [0.29, 0.717) is 11.5 Å². The van der Waals surface area contributed by atoms with Crippen LogP contribution in [-0.4, -0.2) is 125 Å². The van der Waals surface area contributed by atoms with Crippen LogP contribution in [0.25, 0.3) is 0 Å². The summed E-state index contributed by atoms with van der Waals surface area (Å²) in [6, 6.07) is 0. The molecule has 0 bridgehead atoms. The Morgan fingerprint density at radius 3 is 2.56 bits per heavy atom. The van der Waals surface area contributed by atoms with Crippen molar-refractivity contribution < 1.29 is 52.9 Å². The van der Waals surface area contributed by atoms with Crippen molar-refractivity contribution in [1.82, 2.24) is 26.2 Å². The predicted molar refractivity (Wildman–Crippen MR) is 155 cm³/mol. The zero-order valence-electron chi connectivity index (χ0n) is 24.5. The third-order valence-corrected chi connectivity index (χ3v) is 7.91. The quantitative estimate of drug-likeness (QED) is 0.0528. The van der Waals surface area contributed by atoms with Crippen LogP contribution in [0.2, 0.25) is 0 Å². The highest BCUT2D eigenvalue weighted by atomic mass is 32.2. The van der Waals surface area contributed by atoms with Gasteiger partial charge in [0.25, 0.3) is 0 Å². The van der Waals surface area contributed by atoms with E-state index in [4.69, 9.17) is 13.8 Å². The van der Waals surface area contributed by atoms with Crippen molar-refractivity contribution in [3.05, 3.63) is 11.5 Å². The van der Waals surface area contributed by atoms with Crippen molar-refractivity contribution in [2.45, 2.75) is 58.0 Å². The molecule has 2 aliphatic heterocycles. The SMILES string of the molecule is C=NC1=C(NC)NCN([C@@H]2O[C@H](OP(=O)(O)OCC(C)(C)C(O)C(=O)NCCC(=O)NCSC(C)=O)[C@@H](O)[C@H]2O)C1=NC. The van der Waals surface area contributed by atoms with Gasteiger partial charge in [0.2, 0.25) is 11.8 Å². The van der Waals surface area contributed by atoms with Crippen molar-refractivity contribution in [2.75, 3.05) is 39.8 Å². The second-order valence-corrected chi connectivity index (χ2v) is 12.6. The van der Waals surface area contributed by atoms with E-state index in [1.165, 1.54) is 32.7 Å². The van der Waals surface area contributed by atoms with Gasteiger partial charge < -0.3 is 51.1 Å². The molecular weight excluding hydrogens is 613 g/mol. The molecule has 2 aliphatic rings. The summed E-state index contributed by atoms with van der Waals surface area (Å²) < 4.78 is 28.3. The highest BCUT2D eigenvalue weighted by molar-refractivity contribution is 8.13. The number of aliphatic hydroxyl groups is 3. The second-order valence-electron chi connectivity index (χ2n) is 10.0. The monoisotopic (exact) mass is 653 g/mol. The Kier molecular flexibility index (Phi) is 13.5. The van der Waals surface area contributed by atoms with Crippen LogP contribution < -0.4 is 21.3 Å². The molecule has 244 valence electrons. The first-order valence-electron chi connectivity index (χ1n) is 13.0. The van der Waals surface area contributed by atoms with Crippen molar-refractivity contribution in [1.29, 1.82) is 0 Å². The molecule has 2 amide bonds. The number of amidine groups is 1. The maximum atomic E-state index is 12.7. The second kappa shape index (κ2) is 15.9. The fourth-order valence-electron chi connectivity index (χ4n) is 3.89. The Bertz CT molecular complexity index is 1150. The molecule has 0 aliphatic carbocycles. The number of phosphoric acid groups is 1. The maximum Gasteiger partial charge on any atom is 0.474 e. The molecule has 0 aromatic rings. The van der Waals surface area contributed by atoms with Crippen LogP contribution in [0.3, 0.4) is 0 Å². The normalized spacial score (nSPS) is 25.5. The van der Waals surface area contributed by atoms with Crippen LogP contribution in [0.4, 0.5) is 0 Å². The Morgan fingerprint density at radius 1 is 1.30 bits per heavy atom. The van der Waals surface area contributed by atoms with Crippen molar-refractivity contribution in [2.24, 2.45) is 15.4 Å². The molecule has 18 nitrogen and oxygen atoms in total. The molecule has 8 N–H and O–H groups in total. The van der Waals surface area contributed by atoms with E-state index in [-0.39, 0.29) is 36.5 Å². The molecule has 2 unspecified atom stereocenters. The van der Waals surface area contributed by atoms with Crippen molar-refractivity contribution in [3.63, 3.8) is 0 Å². The lowest BCUT2D eigenvalue weighted by molar-refractivity contribution is -0.147. The van der Waals surface area contributed by atoms with Crippen LogP contribution in [0.1, 0.15) is 27.2 Å². The number of amides is 2. The van der Waals surface area contributed by atoms with Crippen LogP contribution >= 0.6 is 19.6 Å². The van der Waals surface area contributed by atoms with E-state index in [1.807, 2.05) is 0 Å². The molecule has 0 saturated carbocycles. The highest BCUT2D eigenvalue weighted by Crippen LogP contribution is 2.48. The molecule has 0 aromatic heterocycles. The highest BCUT2D eigenvalue weighted by Gasteiger charge is 2.51. The molecule has 2 heterocycles. The summed E-state index contributed by atoms with van der Waals surface area (Å²) in [7, 11) is -1.85.